The lowest BCUT2D eigenvalue weighted by atomic mass is 10.1. The highest BCUT2D eigenvalue weighted by atomic mass is 35.5. The van der Waals surface area contributed by atoms with Gasteiger partial charge in [0.1, 0.15) is 0 Å². The third kappa shape index (κ3) is 4.23. The average Bonchev–Trinajstić information content (AvgIpc) is 3.48. The van der Waals surface area contributed by atoms with Crippen molar-refractivity contribution in [3.63, 3.8) is 0 Å². The number of aromatic nitrogens is 2. The standard InChI is InChI=1S/C30H22Cl2N2O/c31-25-11-9-21-13-15-33(29(21)17-25)27-7-3-1-5-23(27)19-35-20-24-6-2-4-8-28(24)34-16-14-22-10-12-26(32)18-30(22)34/h1-18H,19-20H2. The Morgan fingerprint density at radius 1 is 0.543 bits per heavy atom. The highest BCUT2D eigenvalue weighted by Gasteiger charge is 2.11. The molecule has 0 N–H and O–H groups in total. The van der Waals surface area contributed by atoms with Gasteiger partial charge in [-0.2, -0.15) is 0 Å². The number of hydrogen-bond acceptors (Lipinski definition) is 1. The Balaban J connectivity index is 1.28. The maximum absolute atomic E-state index is 6.28. The number of nitrogens with zero attached hydrogens (tertiary/aromatic N) is 2. The van der Waals surface area contributed by atoms with Gasteiger partial charge in [-0.1, -0.05) is 71.7 Å². The highest BCUT2D eigenvalue weighted by Crippen LogP contribution is 2.28. The van der Waals surface area contributed by atoms with Crippen LogP contribution in [0.3, 0.4) is 0 Å². The fourth-order valence-corrected chi connectivity index (χ4v) is 4.96. The summed E-state index contributed by atoms with van der Waals surface area (Å²) in [6.45, 7) is 0.978. The van der Waals surface area contributed by atoms with Crippen LogP contribution in [0, 0.1) is 0 Å². The van der Waals surface area contributed by atoms with Crippen molar-refractivity contribution in [3.05, 3.63) is 131 Å². The SMILES string of the molecule is Clc1ccc2ccn(-c3ccccc3COCc3ccccc3-n3ccc4ccc(Cl)cc43)c2c1. The van der Waals surface area contributed by atoms with E-state index in [-0.39, 0.29) is 0 Å². The molecular weight excluding hydrogens is 475 g/mol. The van der Waals surface area contributed by atoms with Crippen LogP contribution in [0.15, 0.2) is 109 Å². The molecule has 5 heteroatoms. The van der Waals surface area contributed by atoms with Crippen LogP contribution in [0.2, 0.25) is 10.0 Å². The van der Waals surface area contributed by atoms with Gasteiger partial charge in [0.25, 0.3) is 0 Å². The molecule has 6 rings (SSSR count). The molecule has 2 aromatic heterocycles. The second-order valence-electron chi connectivity index (χ2n) is 8.53. The van der Waals surface area contributed by atoms with Crippen molar-refractivity contribution in [1.29, 1.82) is 0 Å². The first-order valence-electron chi connectivity index (χ1n) is 11.4. The van der Waals surface area contributed by atoms with Crippen molar-refractivity contribution < 1.29 is 4.74 Å². The minimum Gasteiger partial charge on any atom is -0.372 e. The predicted octanol–water partition coefficient (Wildman–Crippen LogP) is 8.60. The minimum atomic E-state index is 0.489. The van der Waals surface area contributed by atoms with Crippen molar-refractivity contribution in [1.82, 2.24) is 9.13 Å². The summed E-state index contributed by atoms with van der Waals surface area (Å²) in [6, 6.07) is 32.8. The Morgan fingerprint density at radius 2 is 1.00 bits per heavy atom. The van der Waals surface area contributed by atoms with Gasteiger partial charge in [0.15, 0.2) is 0 Å². The summed E-state index contributed by atoms with van der Waals surface area (Å²) < 4.78 is 10.6. The van der Waals surface area contributed by atoms with Crippen LogP contribution < -0.4 is 0 Å². The molecule has 0 saturated carbocycles. The number of hydrogen-bond donors (Lipinski definition) is 0. The van der Waals surface area contributed by atoms with Crippen LogP contribution in [0.1, 0.15) is 11.1 Å². The van der Waals surface area contributed by atoms with Gasteiger partial charge >= 0.3 is 0 Å². The molecule has 4 aromatic carbocycles. The fraction of sp³-hybridized carbons (Fsp3) is 0.0667. The molecule has 0 radical (unpaired) electrons. The van der Waals surface area contributed by atoms with Crippen LogP contribution in [0.4, 0.5) is 0 Å². The topological polar surface area (TPSA) is 19.1 Å². The van der Waals surface area contributed by atoms with E-state index in [1.165, 1.54) is 0 Å². The first kappa shape index (κ1) is 22.0. The molecule has 0 saturated heterocycles. The summed E-state index contributed by atoms with van der Waals surface area (Å²) in [5.74, 6) is 0. The van der Waals surface area contributed by atoms with Crippen LogP contribution in [-0.2, 0) is 18.0 Å². The van der Waals surface area contributed by atoms with E-state index in [4.69, 9.17) is 27.9 Å². The molecule has 0 aliphatic carbocycles. The summed E-state index contributed by atoms with van der Waals surface area (Å²) in [4.78, 5) is 0. The lowest BCUT2D eigenvalue weighted by Gasteiger charge is -2.15. The van der Waals surface area contributed by atoms with E-state index in [1.54, 1.807) is 0 Å². The van der Waals surface area contributed by atoms with Crippen LogP contribution in [0.25, 0.3) is 33.2 Å². The third-order valence-corrected chi connectivity index (χ3v) is 6.80. The normalized spacial score (nSPS) is 11.5. The number of benzene rings is 4. The Bertz CT molecular complexity index is 1540. The maximum Gasteiger partial charge on any atom is 0.0741 e. The van der Waals surface area contributed by atoms with Crippen molar-refractivity contribution in [2.24, 2.45) is 0 Å². The third-order valence-electron chi connectivity index (χ3n) is 6.33. The summed E-state index contributed by atoms with van der Waals surface area (Å²) in [5.41, 5.74) is 6.55. The molecule has 6 aromatic rings. The molecule has 0 aliphatic rings. The molecule has 172 valence electrons. The quantitative estimate of drug-likeness (QED) is 0.226. The lowest BCUT2D eigenvalue weighted by molar-refractivity contribution is 0.107. The fourth-order valence-electron chi connectivity index (χ4n) is 4.63. The second-order valence-corrected chi connectivity index (χ2v) is 9.40. The summed E-state index contributed by atoms with van der Waals surface area (Å²) in [5, 5.41) is 3.75. The smallest absolute Gasteiger partial charge is 0.0741 e. The molecule has 0 aliphatic heterocycles. The van der Waals surface area contributed by atoms with Gasteiger partial charge in [-0.05, 0) is 48.5 Å². The molecule has 0 atom stereocenters. The molecule has 2 heterocycles. The predicted molar refractivity (Wildman–Crippen MR) is 145 cm³/mol. The minimum absolute atomic E-state index is 0.489. The zero-order chi connectivity index (χ0) is 23.8. The summed E-state index contributed by atoms with van der Waals surface area (Å²) in [7, 11) is 0. The van der Waals surface area contributed by atoms with E-state index in [9.17, 15) is 0 Å². The number of halogens is 2. The van der Waals surface area contributed by atoms with Gasteiger partial charge in [-0.25, -0.2) is 0 Å². The van der Waals surface area contributed by atoms with Crippen molar-refractivity contribution in [3.8, 4) is 11.4 Å². The Hall–Kier alpha value is -3.50. The number of rotatable bonds is 6. The molecule has 0 fully saturated rings. The van der Waals surface area contributed by atoms with Crippen LogP contribution in [0.5, 0.6) is 0 Å². The zero-order valence-electron chi connectivity index (χ0n) is 18.9. The van der Waals surface area contributed by atoms with Crippen molar-refractivity contribution >= 4 is 45.0 Å². The second kappa shape index (κ2) is 9.27. The number of para-hydroxylation sites is 2. The molecule has 35 heavy (non-hydrogen) atoms. The van der Waals surface area contributed by atoms with Gasteiger partial charge < -0.3 is 13.9 Å². The molecule has 0 bridgehead atoms. The summed E-state index contributed by atoms with van der Waals surface area (Å²) in [6.07, 6.45) is 4.16. The Kier molecular flexibility index (Phi) is 5.83. The van der Waals surface area contributed by atoms with Gasteiger partial charge in [-0.15, -0.1) is 0 Å². The lowest BCUT2D eigenvalue weighted by Crippen LogP contribution is -2.03. The summed E-state index contributed by atoms with van der Waals surface area (Å²) >= 11 is 12.6. The number of fused-ring (bicyclic) bond motifs is 2. The van der Waals surface area contributed by atoms with Gasteiger partial charge in [0, 0.05) is 44.3 Å². The van der Waals surface area contributed by atoms with Crippen molar-refractivity contribution in [2.45, 2.75) is 13.2 Å². The van der Waals surface area contributed by atoms with E-state index in [0.29, 0.717) is 13.2 Å². The van der Waals surface area contributed by atoms with E-state index in [2.05, 4.69) is 57.9 Å². The monoisotopic (exact) mass is 496 g/mol. The van der Waals surface area contributed by atoms with E-state index >= 15 is 0 Å². The molecule has 0 unspecified atom stereocenters. The molecule has 0 spiro atoms. The van der Waals surface area contributed by atoms with E-state index in [0.717, 1.165) is 54.4 Å². The van der Waals surface area contributed by atoms with Crippen LogP contribution >= 0.6 is 23.2 Å². The van der Waals surface area contributed by atoms with Gasteiger partial charge in [-0.3, -0.25) is 0 Å². The maximum atomic E-state index is 6.28. The first-order chi connectivity index (χ1) is 17.2. The largest absolute Gasteiger partial charge is 0.372 e. The van der Waals surface area contributed by atoms with Crippen molar-refractivity contribution in [2.75, 3.05) is 0 Å². The van der Waals surface area contributed by atoms with Gasteiger partial charge in [0.2, 0.25) is 0 Å². The molecule has 0 amide bonds. The van der Waals surface area contributed by atoms with Gasteiger partial charge in [0.05, 0.1) is 35.6 Å². The first-order valence-corrected chi connectivity index (χ1v) is 12.2. The Morgan fingerprint density at radius 3 is 1.49 bits per heavy atom. The van der Waals surface area contributed by atoms with E-state index in [1.807, 2.05) is 60.7 Å². The number of ether oxygens (including phenoxy) is 1. The van der Waals surface area contributed by atoms with Crippen LogP contribution in [-0.4, -0.2) is 9.13 Å². The Labute approximate surface area is 213 Å². The van der Waals surface area contributed by atoms with E-state index < -0.39 is 0 Å². The average molecular weight is 497 g/mol. The molecule has 3 nitrogen and oxygen atoms in total. The highest BCUT2D eigenvalue weighted by molar-refractivity contribution is 6.31. The molecular formula is C30H22Cl2N2O. The zero-order valence-corrected chi connectivity index (χ0v) is 20.4.